The molecule has 0 aliphatic heterocycles. The van der Waals surface area contributed by atoms with Crippen molar-refractivity contribution >= 4 is 15.9 Å². The molecule has 1 aromatic heterocycles. The van der Waals surface area contributed by atoms with Crippen LogP contribution in [-0.4, -0.2) is 5.11 Å². The molecule has 1 atom stereocenters. The Balaban J connectivity index is 2.54. The molecular formula is C15H17BrO2. The fraction of sp³-hybridized carbons (Fsp3) is 0.333. The van der Waals surface area contributed by atoms with Crippen molar-refractivity contribution in [2.75, 3.05) is 0 Å². The van der Waals surface area contributed by atoms with Gasteiger partial charge in [0.2, 0.25) is 0 Å². The second kappa shape index (κ2) is 4.90. The second-order valence-electron chi connectivity index (χ2n) is 4.76. The zero-order chi connectivity index (χ0) is 13.4. The van der Waals surface area contributed by atoms with Gasteiger partial charge in [-0.2, -0.15) is 0 Å². The van der Waals surface area contributed by atoms with Crippen molar-refractivity contribution in [1.29, 1.82) is 0 Å². The number of aliphatic hydroxyl groups is 1. The highest BCUT2D eigenvalue weighted by Gasteiger charge is 2.19. The van der Waals surface area contributed by atoms with Crippen LogP contribution in [0.2, 0.25) is 0 Å². The maximum atomic E-state index is 10.5. The number of halogens is 1. The lowest BCUT2D eigenvalue weighted by Gasteiger charge is -2.18. The maximum Gasteiger partial charge on any atom is 0.108 e. The third kappa shape index (κ3) is 2.25. The molecule has 2 rings (SSSR count). The number of benzene rings is 1. The summed E-state index contributed by atoms with van der Waals surface area (Å²) in [5.74, 6) is 0.811. The minimum atomic E-state index is -0.639. The lowest BCUT2D eigenvalue weighted by molar-refractivity contribution is 0.217. The Hall–Kier alpha value is -1.06. The number of furan rings is 1. The monoisotopic (exact) mass is 308 g/mol. The molecule has 96 valence electrons. The highest BCUT2D eigenvalue weighted by molar-refractivity contribution is 9.10. The smallest absolute Gasteiger partial charge is 0.108 e. The van der Waals surface area contributed by atoms with Gasteiger partial charge < -0.3 is 9.52 Å². The van der Waals surface area contributed by atoms with Crippen molar-refractivity contribution in [2.45, 2.75) is 33.8 Å². The normalized spacial score (nSPS) is 12.8. The Morgan fingerprint density at radius 2 is 1.78 bits per heavy atom. The first-order valence-corrected chi connectivity index (χ1v) is 6.70. The SMILES string of the molecule is Cc1cc(C(O)c2c(C)cc(C)c(Br)c2C)co1. The average molecular weight is 309 g/mol. The van der Waals surface area contributed by atoms with Crippen molar-refractivity contribution in [3.8, 4) is 0 Å². The van der Waals surface area contributed by atoms with Crippen LogP contribution in [0, 0.1) is 27.7 Å². The van der Waals surface area contributed by atoms with Gasteiger partial charge in [0.1, 0.15) is 11.9 Å². The van der Waals surface area contributed by atoms with Gasteiger partial charge in [-0.3, -0.25) is 0 Å². The molecule has 1 heterocycles. The third-order valence-corrected chi connectivity index (χ3v) is 4.50. The van der Waals surface area contributed by atoms with Crippen molar-refractivity contribution in [3.05, 3.63) is 56.4 Å². The number of aryl methyl sites for hydroxylation is 3. The lowest BCUT2D eigenvalue weighted by atomic mass is 9.93. The van der Waals surface area contributed by atoms with E-state index in [0.717, 1.165) is 32.5 Å². The van der Waals surface area contributed by atoms with Gasteiger partial charge in [-0.15, -0.1) is 0 Å². The second-order valence-corrected chi connectivity index (χ2v) is 5.55. The molecule has 0 aliphatic carbocycles. The highest BCUT2D eigenvalue weighted by Crippen LogP contribution is 2.34. The van der Waals surface area contributed by atoms with E-state index in [1.54, 1.807) is 6.26 Å². The molecule has 1 unspecified atom stereocenters. The Morgan fingerprint density at radius 1 is 1.11 bits per heavy atom. The molecule has 1 aromatic carbocycles. The Kier molecular flexibility index (Phi) is 3.64. The van der Waals surface area contributed by atoms with Crippen LogP contribution in [0.5, 0.6) is 0 Å². The van der Waals surface area contributed by atoms with E-state index in [-0.39, 0.29) is 0 Å². The summed E-state index contributed by atoms with van der Waals surface area (Å²) in [7, 11) is 0. The van der Waals surface area contributed by atoms with Crippen molar-refractivity contribution in [2.24, 2.45) is 0 Å². The van der Waals surface area contributed by atoms with Crippen LogP contribution < -0.4 is 0 Å². The minimum Gasteiger partial charge on any atom is -0.469 e. The van der Waals surface area contributed by atoms with E-state index in [2.05, 4.69) is 28.9 Å². The van der Waals surface area contributed by atoms with E-state index >= 15 is 0 Å². The number of hydrogen-bond acceptors (Lipinski definition) is 2. The van der Waals surface area contributed by atoms with E-state index in [1.807, 2.05) is 26.8 Å². The van der Waals surface area contributed by atoms with Crippen molar-refractivity contribution in [3.63, 3.8) is 0 Å². The average Bonchev–Trinajstić information content (AvgIpc) is 2.73. The summed E-state index contributed by atoms with van der Waals surface area (Å²) in [5.41, 5.74) is 5.12. The van der Waals surface area contributed by atoms with E-state index < -0.39 is 6.10 Å². The van der Waals surface area contributed by atoms with Gasteiger partial charge in [0.05, 0.1) is 6.26 Å². The standard InChI is InChI=1S/C15H17BrO2/c1-8-5-9(2)14(16)11(4)13(8)15(17)12-6-10(3)18-7-12/h5-7,15,17H,1-4H3. The van der Waals surface area contributed by atoms with Gasteiger partial charge in [-0.25, -0.2) is 0 Å². The van der Waals surface area contributed by atoms with Crippen LogP contribution in [0.25, 0.3) is 0 Å². The molecule has 0 saturated carbocycles. The maximum absolute atomic E-state index is 10.5. The Labute approximate surface area is 116 Å². The topological polar surface area (TPSA) is 33.4 Å². The molecule has 1 N–H and O–H groups in total. The number of rotatable bonds is 2. The Bertz CT molecular complexity index is 584. The predicted octanol–water partition coefficient (Wildman–Crippen LogP) is 4.36. The van der Waals surface area contributed by atoms with Gasteiger partial charge in [0.15, 0.2) is 0 Å². The fourth-order valence-electron chi connectivity index (χ4n) is 2.37. The molecule has 2 nitrogen and oxygen atoms in total. The zero-order valence-corrected chi connectivity index (χ0v) is 12.6. The highest BCUT2D eigenvalue weighted by atomic mass is 79.9. The van der Waals surface area contributed by atoms with Crippen LogP contribution in [0.3, 0.4) is 0 Å². The molecule has 0 radical (unpaired) electrons. The van der Waals surface area contributed by atoms with Crippen LogP contribution in [-0.2, 0) is 0 Å². The predicted molar refractivity (Wildman–Crippen MR) is 75.9 cm³/mol. The summed E-state index contributed by atoms with van der Waals surface area (Å²) in [4.78, 5) is 0. The van der Waals surface area contributed by atoms with E-state index in [9.17, 15) is 5.11 Å². The first-order valence-electron chi connectivity index (χ1n) is 5.91. The zero-order valence-electron chi connectivity index (χ0n) is 11.0. The van der Waals surface area contributed by atoms with E-state index in [4.69, 9.17) is 4.42 Å². The van der Waals surface area contributed by atoms with E-state index in [1.165, 1.54) is 5.56 Å². The first-order chi connectivity index (χ1) is 8.41. The van der Waals surface area contributed by atoms with Crippen LogP contribution in [0.1, 0.15) is 39.7 Å². The molecule has 2 aromatic rings. The summed E-state index contributed by atoms with van der Waals surface area (Å²) in [6, 6.07) is 3.96. The summed E-state index contributed by atoms with van der Waals surface area (Å²) in [6.07, 6.45) is 0.978. The molecule has 0 fully saturated rings. The van der Waals surface area contributed by atoms with Gasteiger partial charge >= 0.3 is 0 Å². The minimum absolute atomic E-state index is 0.639. The molecular weight excluding hydrogens is 292 g/mol. The summed E-state index contributed by atoms with van der Waals surface area (Å²) < 4.78 is 6.33. The number of hydrogen-bond donors (Lipinski definition) is 1. The lowest BCUT2D eigenvalue weighted by Crippen LogP contribution is -2.05. The summed E-state index contributed by atoms with van der Waals surface area (Å²) in [5, 5.41) is 10.5. The summed E-state index contributed by atoms with van der Waals surface area (Å²) >= 11 is 3.58. The molecule has 0 amide bonds. The third-order valence-electron chi connectivity index (χ3n) is 3.28. The largest absolute Gasteiger partial charge is 0.469 e. The first kappa shape index (κ1) is 13.4. The van der Waals surface area contributed by atoms with Gasteiger partial charge in [0, 0.05) is 10.0 Å². The van der Waals surface area contributed by atoms with Gasteiger partial charge in [-0.05, 0) is 56.0 Å². The Morgan fingerprint density at radius 3 is 2.33 bits per heavy atom. The molecule has 18 heavy (non-hydrogen) atoms. The van der Waals surface area contributed by atoms with E-state index in [0.29, 0.717) is 0 Å². The van der Waals surface area contributed by atoms with Gasteiger partial charge in [0.25, 0.3) is 0 Å². The quantitative estimate of drug-likeness (QED) is 0.894. The molecule has 0 aliphatic rings. The molecule has 0 saturated heterocycles. The van der Waals surface area contributed by atoms with Crippen molar-refractivity contribution in [1.82, 2.24) is 0 Å². The van der Waals surface area contributed by atoms with Crippen LogP contribution >= 0.6 is 15.9 Å². The molecule has 3 heteroatoms. The fourth-order valence-corrected chi connectivity index (χ4v) is 2.70. The van der Waals surface area contributed by atoms with Crippen LogP contribution in [0.4, 0.5) is 0 Å². The van der Waals surface area contributed by atoms with Crippen molar-refractivity contribution < 1.29 is 9.52 Å². The van der Waals surface area contributed by atoms with Crippen LogP contribution in [0.15, 0.2) is 27.3 Å². The molecule has 0 bridgehead atoms. The summed E-state index contributed by atoms with van der Waals surface area (Å²) in [6.45, 7) is 7.98. The number of aliphatic hydroxyl groups excluding tert-OH is 1. The van der Waals surface area contributed by atoms with Gasteiger partial charge in [-0.1, -0.05) is 22.0 Å². The molecule has 0 spiro atoms.